The molecule has 0 saturated carbocycles. The van der Waals surface area contributed by atoms with E-state index in [0.717, 1.165) is 128 Å². The number of benzene rings is 4. The number of carbonyl (C=O) groups is 1. The number of fused-ring (bicyclic) bond motifs is 8. The molecule has 8 heterocycles. The molecular formula is C57H53N10NaO9. The fraction of sp³-hybridized carbons (Fsp3) is 0.193. The predicted octanol–water partition coefficient (Wildman–Crippen LogP) is 9.19. The van der Waals surface area contributed by atoms with Crippen LogP contribution in [-0.4, -0.2) is 82.5 Å². The molecule has 8 aromatic heterocycles. The number of pyridine rings is 2. The van der Waals surface area contributed by atoms with Crippen molar-refractivity contribution >= 4 is 78.3 Å². The molecule has 0 aliphatic heterocycles. The van der Waals surface area contributed by atoms with E-state index in [-0.39, 0.29) is 56.0 Å². The van der Waals surface area contributed by atoms with Gasteiger partial charge in [-0.15, -0.1) is 0 Å². The maximum atomic E-state index is 11.0. The molecule has 19 nitrogen and oxygen atoms in total. The van der Waals surface area contributed by atoms with Crippen molar-refractivity contribution in [3.8, 4) is 62.0 Å². The Morgan fingerprint density at radius 1 is 0.558 bits per heavy atom. The van der Waals surface area contributed by atoms with Gasteiger partial charge in [-0.1, -0.05) is 49.4 Å². The number of nitrogens with one attached hydrogen (secondary N) is 2. The smallest absolute Gasteiger partial charge is 0.870 e. The standard InChI is InChI=1S/C27H21N5O4.C27H23N5O2.CO2.2CH4.Na.H2O/c1-13-23(14(2)36-32-13)19-10-20-18(11-22(19)34-4)24-26(29-15(3)30-27(24)31-20)17-7-8-21(35-12-33)25-16(17)6-5-9-28-25;1-13-8-9-18(17-7-6-10-28-25(13)17)26-24-19-12-22(33-5)20(23-14(2)32-34-15(23)3)11-21(19)31-27(24)30-16(4)29-26;2-1-3;;;;/h5-12H,1-4H3,(H,29,30,31);6-12H,1-5H3,(H,29,30,31);;2*1H4;;1H2/q;;;;;+1;/p-1. The minimum atomic E-state index is 0. The average Bonchev–Trinajstić information content (AvgIpc) is 4.21. The van der Waals surface area contributed by atoms with Crippen molar-refractivity contribution in [2.24, 2.45) is 0 Å². The molecule has 0 aliphatic carbocycles. The topological polar surface area (TPSA) is 270 Å². The van der Waals surface area contributed by atoms with Crippen LogP contribution < -0.4 is 43.8 Å². The summed E-state index contributed by atoms with van der Waals surface area (Å²) in [5.74, 6) is 4.60. The number of H-pyrrole nitrogens is 2. The Balaban J connectivity index is 0.000000227. The normalized spacial score (nSPS) is 10.6. The van der Waals surface area contributed by atoms with Gasteiger partial charge >= 0.3 is 35.7 Å². The predicted molar refractivity (Wildman–Crippen MR) is 289 cm³/mol. The molecule has 0 unspecified atom stereocenters. The number of nitrogens with zero attached hydrogens (tertiary/aromatic N) is 8. The molecule has 0 aliphatic rings. The van der Waals surface area contributed by atoms with E-state index in [1.165, 1.54) is 0 Å². The zero-order chi connectivity index (χ0) is 51.2. The Morgan fingerprint density at radius 3 is 1.43 bits per heavy atom. The first-order chi connectivity index (χ1) is 35.4. The van der Waals surface area contributed by atoms with Crippen LogP contribution in [0.4, 0.5) is 0 Å². The summed E-state index contributed by atoms with van der Waals surface area (Å²) in [5.41, 5.74) is 14.7. The van der Waals surface area contributed by atoms with Crippen molar-refractivity contribution in [3.05, 3.63) is 125 Å². The third kappa shape index (κ3) is 10.1. The molecule has 12 aromatic rings. The molecule has 0 saturated heterocycles. The van der Waals surface area contributed by atoms with Gasteiger partial charge < -0.3 is 38.7 Å². The molecule has 0 bridgehead atoms. The maximum absolute atomic E-state index is 11.0. The van der Waals surface area contributed by atoms with Crippen LogP contribution in [-0.2, 0) is 14.4 Å². The Bertz CT molecular complexity index is 4180. The summed E-state index contributed by atoms with van der Waals surface area (Å²) < 4.78 is 27.6. The van der Waals surface area contributed by atoms with Gasteiger partial charge in [-0.2, -0.15) is 9.59 Å². The largest absolute Gasteiger partial charge is 1.00 e. The first-order valence-corrected chi connectivity index (χ1v) is 22.8. The number of rotatable bonds is 8. The van der Waals surface area contributed by atoms with Gasteiger partial charge in [0.15, 0.2) is 5.75 Å². The Hall–Kier alpha value is -8.71. The molecule has 386 valence electrons. The zero-order valence-electron chi connectivity index (χ0n) is 42.5. The summed E-state index contributed by atoms with van der Waals surface area (Å²) in [6.45, 7) is 13.9. The summed E-state index contributed by atoms with van der Waals surface area (Å²) in [5, 5.41) is 13.8. The van der Waals surface area contributed by atoms with Crippen LogP contribution in [0.15, 0.2) is 94.2 Å². The van der Waals surface area contributed by atoms with Gasteiger partial charge in [0.2, 0.25) is 0 Å². The number of hydrogen-bond donors (Lipinski definition) is 2. The van der Waals surface area contributed by atoms with Gasteiger partial charge in [0.1, 0.15) is 51.5 Å². The van der Waals surface area contributed by atoms with Crippen molar-refractivity contribution in [1.29, 1.82) is 0 Å². The molecule has 0 fully saturated rings. The molecule has 3 N–H and O–H groups in total. The first kappa shape index (κ1) is 57.6. The first-order valence-electron chi connectivity index (χ1n) is 22.8. The minimum Gasteiger partial charge on any atom is -0.870 e. The Labute approximate surface area is 463 Å². The number of hydrogen-bond acceptors (Lipinski definition) is 17. The second-order valence-electron chi connectivity index (χ2n) is 17.2. The third-order valence-corrected chi connectivity index (χ3v) is 12.8. The van der Waals surface area contributed by atoms with Gasteiger partial charge in [-0.05, 0) is 103 Å². The molecule has 12 rings (SSSR count). The van der Waals surface area contributed by atoms with Gasteiger partial charge in [-0.3, -0.25) is 14.8 Å². The van der Waals surface area contributed by atoms with Crippen molar-refractivity contribution in [1.82, 2.24) is 50.2 Å². The monoisotopic (exact) mass is 1040 g/mol. The fourth-order valence-corrected chi connectivity index (χ4v) is 9.75. The van der Waals surface area contributed by atoms with Crippen LogP contribution in [0.2, 0.25) is 0 Å². The number of aromatic nitrogens is 10. The van der Waals surface area contributed by atoms with E-state index in [1.807, 2.05) is 90.2 Å². The summed E-state index contributed by atoms with van der Waals surface area (Å²) in [6.07, 6.45) is 3.74. The van der Waals surface area contributed by atoms with Gasteiger partial charge in [0.05, 0.1) is 64.4 Å². The molecule has 0 amide bonds. The zero-order valence-corrected chi connectivity index (χ0v) is 44.5. The van der Waals surface area contributed by atoms with Gasteiger partial charge in [0, 0.05) is 67.2 Å². The molecule has 4 aromatic carbocycles. The number of methoxy groups -OCH3 is 2. The molecular weight excluding hydrogens is 992 g/mol. The minimum absolute atomic E-state index is 0. The van der Waals surface area contributed by atoms with Gasteiger partial charge in [-0.25, -0.2) is 19.9 Å². The second-order valence-corrected chi connectivity index (χ2v) is 17.2. The third-order valence-electron chi connectivity index (χ3n) is 12.8. The van der Waals surface area contributed by atoms with E-state index in [4.69, 9.17) is 47.8 Å². The molecule has 77 heavy (non-hydrogen) atoms. The second kappa shape index (κ2) is 23.5. The number of carbonyl (C=O) groups excluding carboxylic acids is 3. The quantitative estimate of drug-likeness (QED) is 0.106. The van der Waals surface area contributed by atoms with Crippen LogP contribution in [0.25, 0.3) is 110 Å². The van der Waals surface area contributed by atoms with Crippen molar-refractivity contribution in [3.63, 3.8) is 0 Å². The van der Waals surface area contributed by atoms with E-state index in [0.29, 0.717) is 46.5 Å². The van der Waals surface area contributed by atoms with E-state index < -0.39 is 0 Å². The van der Waals surface area contributed by atoms with E-state index >= 15 is 0 Å². The SMILES string of the molecule is C.C.COc1cc2c(cc1-c1c(C)noc1C)[nH]c1nc(C)nc(-c3ccc(C)c4ncccc34)c12.COc1cc2c(cc1-c1c(C)noc1C)[nH]c1nc(C)nc(-c3ccc(OC=O)c4ncccc34)c12.O=C=O.[Na+].[OH-]. The number of aromatic amines is 2. The summed E-state index contributed by atoms with van der Waals surface area (Å²) in [4.78, 5) is 62.5. The van der Waals surface area contributed by atoms with Crippen LogP contribution >= 0.6 is 0 Å². The van der Waals surface area contributed by atoms with Crippen LogP contribution in [0.5, 0.6) is 17.2 Å². The molecule has 0 spiro atoms. The molecule has 0 atom stereocenters. The molecule has 20 heteroatoms. The van der Waals surface area contributed by atoms with E-state index in [9.17, 15) is 4.79 Å². The summed E-state index contributed by atoms with van der Waals surface area (Å²) in [7, 11) is 3.32. The fourth-order valence-electron chi connectivity index (χ4n) is 9.75. The van der Waals surface area contributed by atoms with Crippen molar-refractivity contribution in [2.45, 2.75) is 63.3 Å². The maximum Gasteiger partial charge on any atom is 1.00 e. The summed E-state index contributed by atoms with van der Waals surface area (Å²) >= 11 is 0. The van der Waals surface area contributed by atoms with Crippen molar-refractivity contribution in [2.75, 3.05) is 14.2 Å². The Kier molecular flexibility index (Phi) is 17.5. The van der Waals surface area contributed by atoms with Crippen LogP contribution in [0.1, 0.15) is 55.0 Å². The van der Waals surface area contributed by atoms with Crippen LogP contribution in [0.3, 0.4) is 0 Å². The number of aryl methyl sites for hydroxylation is 7. The van der Waals surface area contributed by atoms with Gasteiger partial charge in [0.25, 0.3) is 6.47 Å². The van der Waals surface area contributed by atoms with Crippen LogP contribution in [0, 0.1) is 48.5 Å². The average molecular weight is 1050 g/mol. The Morgan fingerprint density at radius 2 is 1.00 bits per heavy atom. The van der Waals surface area contributed by atoms with E-state index in [2.05, 4.69) is 66.4 Å². The summed E-state index contributed by atoms with van der Waals surface area (Å²) in [6, 6.07) is 23.8. The number of ether oxygens (including phenoxy) is 3. The van der Waals surface area contributed by atoms with Crippen molar-refractivity contribution < 1.29 is 72.7 Å². The molecule has 0 radical (unpaired) electrons. The van der Waals surface area contributed by atoms with E-state index in [1.54, 1.807) is 26.5 Å².